The molecule has 0 saturated heterocycles. The van der Waals surface area contributed by atoms with Crippen molar-refractivity contribution in [2.24, 2.45) is 17.3 Å². The van der Waals surface area contributed by atoms with E-state index >= 15 is 0 Å². The first-order valence-electron chi connectivity index (χ1n) is 8.15. The number of carboxylic acid groups (broad SMARTS) is 1. The number of anilines is 1. The Labute approximate surface area is 151 Å². The van der Waals surface area contributed by atoms with Crippen LogP contribution in [0.3, 0.4) is 0 Å². The summed E-state index contributed by atoms with van der Waals surface area (Å²) in [5.74, 6) is -1.02. The highest BCUT2D eigenvalue weighted by Gasteiger charge is 2.65. The molecule has 1 heterocycles. The number of carboxylic acids is 1. The summed E-state index contributed by atoms with van der Waals surface area (Å²) in [4.78, 5) is 27.7. The Bertz CT molecular complexity index is 832. The number of nitrogens with zero attached hydrogens (tertiary/aromatic N) is 1. The zero-order valence-electron chi connectivity index (χ0n) is 14.7. The van der Waals surface area contributed by atoms with Crippen LogP contribution in [0, 0.1) is 17.3 Å². The molecule has 7 heteroatoms. The van der Waals surface area contributed by atoms with E-state index in [1.165, 1.54) is 6.20 Å². The molecule has 0 aliphatic heterocycles. The maximum absolute atomic E-state index is 12.3. The summed E-state index contributed by atoms with van der Waals surface area (Å²) in [7, 11) is 1.55. The molecule has 1 aliphatic rings. The number of aromatic nitrogens is 1. The molecule has 1 fully saturated rings. The van der Waals surface area contributed by atoms with Crippen molar-refractivity contribution in [3.8, 4) is 17.4 Å². The van der Waals surface area contributed by atoms with Gasteiger partial charge in [-0.3, -0.25) is 9.59 Å². The molecule has 1 saturated carbocycles. The van der Waals surface area contributed by atoms with Gasteiger partial charge >= 0.3 is 5.97 Å². The average Bonchev–Trinajstić information content (AvgIpc) is 3.20. The van der Waals surface area contributed by atoms with Gasteiger partial charge in [-0.05, 0) is 23.6 Å². The molecule has 7 nitrogen and oxygen atoms in total. The predicted molar refractivity (Wildman–Crippen MR) is 94.3 cm³/mol. The van der Waals surface area contributed by atoms with E-state index in [4.69, 9.17) is 9.47 Å². The second kappa shape index (κ2) is 6.67. The van der Waals surface area contributed by atoms with Gasteiger partial charge in [0.1, 0.15) is 0 Å². The third-order valence-electron chi connectivity index (χ3n) is 4.66. The molecule has 1 amide bonds. The fourth-order valence-corrected chi connectivity index (χ4v) is 3.14. The molecule has 1 aromatic carbocycles. The molecule has 2 N–H and O–H groups in total. The lowest BCUT2D eigenvalue weighted by Gasteiger charge is -2.10. The lowest BCUT2D eigenvalue weighted by atomic mass is 10.1. The number of rotatable bonds is 6. The van der Waals surface area contributed by atoms with Gasteiger partial charge in [-0.2, -0.15) is 0 Å². The highest BCUT2D eigenvalue weighted by molar-refractivity contribution is 5.99. The Balaban J connectivity index is 1.65. The van der Waals surface area contributed by atoms with Gasteiger partial charge in [-0.15, -0.1) is 0 Å². The molecule has 0 radical (unpaired) electrons. The van der Waals surface area contributed by atoms with E-state index in [2.05, 4.69) is 10.3 Å². The summed E-state index contributed by atoms with van der Waals surface area (Å²) in [5.41, 5.74) is -0.0646. The van der Waals surface area contributed by atoms with Gasteiger partial charge in [-0.1, -0.05) is 26.0 Å². The predicted octanol–water partition coefficient (Wildman–Crippen LogP) is 3.18. The third-order valence-corrected chi connectivity index (χ3v) is 4.66. The van der Waals surface area contributed by atoms with Crippen LogP contribution in [0.15, 0.2) is 42.6 Å². The summed E-state index contributed by atoms with van der Waals surface area (Å²) < 4.78 is 10.9. The van der Waals surface area contributed by atoms with Crippen LogP contribution in [0.2, 0.25) is 0 Å². The number of ether oxygens (including phenoxy) is 2. The molecule has 2 aromatic rings. The molecule has 0 spiro atoms. The SMILES string of the molecule is COc1ccccc1Oc1ccc(NC(=O)[C@@H]2[C@@H](C(=O)O)C2(C)C)cn1. The number of hydrogen-bond acceptors (Lipinski definition) is 5. The minimum Gasteiger partial charge on any atom is -0.493 e. The van der Waals surface area contributed by atoms with Crippen molar-refractivity contribution in [1.29, 1.82) is 0 Å². The number of carbonyl (C=O) groups is 2. The summed E-state index contributed by atoms with van der Waals surface area (Å²) in [6.45, 7) is 3.55. The second-order valence-corrected chi connectivity index (χ2v) is 6.74. The Hall–Kier alpha value is -3.09. The summed E-state index contributed by atoms with van der Waals surface area (Å²) in [5, 5.41) is 11.9. The number of hydrogen-bond donors (Lipinski definition) is 2. The summed E-state index contributed by atoms with van der Waals surface area (Å²) in [6.07, 6.45) is 1.47. The second-order valence-electron chi connectivity index (χ2n) is 6.74. The normalized spacial score (nSPS) is 20.1. The Morgan fingerprint density at radius 1 is 1.12 bits per heavy atom. The molecule has 136 valence electrons. The number of methoxy groups -OCH3 is 1. The Morgan fingerprint density at radius 3 is 2.35 bits per heavy atom. The highest BCUT2D eigenvalue weighted by Crippen LogP contribution is 2.58. The third kappa shape index (κ3) is 3.33. The van der Waals surface area contributed by atoms with Crippen molar-refractivity contribution >= 4 is 17.6 Å². The first kappa shape index (κ1) is 17.7. The molecule has 26 heavy (non-hydrogen) atoms. The van der Waals surface area contributed by atoms with E-state index in [9.17, 15) is 14.7 Å². The van der Waals surface area contributed by atoms with Crippen LogP contribution in [0.25, 0.3) is 0 Å². The molecule has 3 rings (SSSR count). The van der Waals surface area contributed by atoms with Crippen molar-refractivity contribution < 1.29 is 24.2 Å². The van der Waals surface area contributed by atoms with E-state index in [1.54, 1.807) is 45.2 Å². The van der Waals surface area contributed by atoms with Crippen molar-refractivity contribution in [2.45, 2.75) is 13.8 Å². The fourth-order valence-electron chi connectivity index (χ4n) is 3.14. The standard InChI is InChI=1S/C19H20N2O5/c1-19(2)15(16(19)18(23)24)17(22)21-11-8-9-14(20-10-11)26-13-7-5-4-6-12(13)25-3/h4-10,15-16H,1-3H3,(H,21,22)(H,23,24)/t15-,16-/m0/s1. The molecule has 0 unspecified atom stereocenters. The molecular formula is C19H20N2O5. The number of nitrogens with one attached hydrogen (secondary N) is 1. The zero-order chi connectivity index (χ0) is 18.9. The minimum absolute atomic E-state index is 0.317. The van der Waals surface area contributed by atoms with E-state index in [0.29, 0.717) is 23.1 Å². The van der Waals surface area contributed by atoms with Crippen molar-refractivity contribution in [3.05, 3.63) is 42.6 Å². The first-order chi connectivity index (χ1) is 12.3. The van der Waals surface area contributed by atoms with Gasteiger partial charge in [0.05, 0.1) is 30.8 Å². The van der Waals surface area contributed by atoms with Gasteiger partial charge in [0.2, 0.25) is 11.8 Å². The number of pyridine rings is 1. The quantitative estimate of drug-likeness (QED) is 0.825. The maximum Gasteiger partial charge on any atom is 0.307 e. The number of carbonyl (C=O) groups excluding carboxylic acids is 1. The van der Waals surface area contributed by atoms with Crippen molar-refractivity contribution in [3.63, 3.8) is 0 Å². The van der Waals surface area contributed by atoms with Crippen LogP contribution in [0.5, 0.6) is 17.4 Å². The largest absolute Gasteiger partial charge is 0.493 e. The van der Waals surface area contributed by atoms with Crippen molar-refractivity contribution in [2.75, 3.05) is 12.4 Å². The lowest BCUT2D eigenvalue weighted by molar-refractivity contribution is -0.140. The summed E-state index contributed by atoms with van der Waals surface area (Å²) >= 11 is 0. The van der Waals surface area contributed by atoms with Gasteiger partial charge in [-0.25, -0.2) is 4.98 Å². The lowest BCUT2D eigenvalue weighted by Crippen LogP contribution is -2.17. The molecule has 0 bridgehead atoms. The maximum atomic E-state index is 12.3. The van der Waals surface area contributed by atoms with Crippen LogP contribution in [0.4, 0.5) is 5.69 Å². The van der Waals surface area contributed by atoms with Crippen LogP contribution in [-0.4, -0.2) is 29.1 Å². The Kier molecular flexibility index (Phi) is 4.54. The molecule has 1 aliphatic carbocycles. The first-order valence-corrected chi connectivity index (χ1v) is 8.15. The Morgan fingerprint density at radius 2 is 1.81 bits per heavy atom. The molecule has 1 aromatic heterocycles. The zero-order valence-corrected chi connectivity index (χ0v) is 14.7. The number of aliphatic carboxylic acids is 1. The van der Waals surface area contributed by atoms with Gasteiger partial charge in [0, 0.05) is 6.07 Å². The van der Waals surface area contributed by atoms with Crippen molar-refractivity contribution in [1.82, 2.24) is 4.98 Å². The van der Waals surface area contributed by atoms with Crippen LogP contribution < -0.4 is 14.8 Å². The number of amides is 1. The topological polar surface area (TPSA) is 97.8 Å². The smallest absolute Gasteiger partial charge is 0.307 e. The van der Waals surface area contributed by atoms with E-state index < -0.39 is 23.2 Å². The van der Waals surface area contributed by atoms with Gasteiger partial charge in [0.25, 0.3) is 0 Å². The fraction of sp³-hybridized carbons (Fsp3) is 0.316. The molecule has 2 atom stereocenters. The monoisotopic (exact) mass is 356 g/mol. The molecular weight excluding hydrogens is 336 g/mol. The number of para-hydroxylation sites is 2. The summed E-state index contributed by atoms with van der Waals surface area (Å²) in [6, 6.07) is 10.5. The van der Waals surface area contributed by atoms with Gasteiger partial charge < -0.3 is 19.9 Å². The minimum atomic E-state index is -0.950. The van der Waals surface area contributed by atoms with E-state index in [1.807, 2.05) is 12.1 Å². The van der Waals surface area contributed by atoms with E-state index in [0.717, 1.165) is 0 Å². The van der Waals surface area contributed by atoms with Crippen LogP contribution in [0.1, 0.15) is 13.8 Å². The van der Waals surface area contributed by atoms with Crippen LogP contribution >= 0.6 is 0 Å². The average molecular weight is 356 g/mol. The number of benzene rings is 1. The van der Waals surface area contributed by atoms with Crippen LogP contribution in [-0.2, 0) is 9.59 Å². The van der Waals surface area contributed by atoms with Gasteiger partial charge in [0.15, 0.2) is 11.5 Å². The highest BCUT2D eigenvalue weighted by atomic mass is 16.5. The van der Waals surface area contributed by atoms with E-state index in [-0.39, 0.29) is 5.91 Å².